The molecule has 5 rings (SSSR count). The van der Waals surface area contributed by atoms with Gasteiger partial charge >= 0.3 is 0 Å². The van der Waals surface area contributed by atoms with E-state index in [9.17, 15) is 8.42 Å². The molecule has 0 saturated carbocycles. The number of aromatic amines is 1. The Labute approximate surface area is 182 Å². The maximum atomic E-state index is 13.1. The van der Waals surface area contributed by atoms with Crippen molar-refractivity contribution in [1.29, 1.82) is 0 Å². The monoisotopic (exact) mass is 436 g/mol. The summed E-state index contributed by atoms with van der Waals surface area (Å²) in [6.45, 7) is 3.55. The second kappa shape index (κ2) is 7.82. The molecule has 1 aliphatic rings. The van der Waals surface area contributed by atoms with Gasteiger partial charge in [0.25, 0.3) is 0 Å². The van der Waals surface area contributed by atoms with Crippen LogP contribution in [0, 0.1) is 0 Å². The average molecular weight is 437 g/mol. The number of nitrogens with zero attached hydrogens (tertiary/aromatic N) is 2. The summed E-state index contributed by atoms with van der Waals surface area (Å²) in [5.41, 5.74) is 3.16. The summed E-state index contributed by atoms with van der Waals surface area (Å²) >= 11 is 0. The Hall–Kier alpha value is -2.61. The normalized spacial score (nSPS) is 18.8. The molecule has 2 aromatic carbocycles. The molecule has 0 radical (unpaired) electrons. The van der Waals surface area contributed by atoms with Crippen molar-refractivity contribution in [3.8, 4) is 0 Å². The molecule has 2 atom stereocenters. The maximum absolute atomic E-state index is 13.1. The minimum absolute atomic E-state index is 0.0207. The maximum Gasteiger partial charge on any atom is 0.240 e. The number of H-pyrrole nitrogens is 1. The van der Waals surface area contributed by atoms with Crippen LogP contribution in [0.1, 0.15) is 31.4 Å². The van der Waals surface area contributed by atoms with E-state index in [-0.39, 0.29) is 10.9 Å². The molecule has 0 aliphatic carbocycles. The van der Waals surface area contributed by atoms with Gasteiger partial charge in [-0.2, -0.15) is 0 Å². The topological polar surface area (TPSA) is 70.1 Å². The first kappa shape index (κ1) is 20.3. The number of fused-ring (bicyclic) bond motifs is 2. The van der Waals surface area contributed by atoms with Gasteiger partial charge in [0, 0.05) is 48.4 Å². The molecule has 0 bridgehead atoms. The molecule has 2 N–H and O–H groups in total. The Morgan fingerprint density at radius 2 is 2.03 bits per heavy atom. The van der Waals surface area contributed by atoms with Crippen LogP contribution in [0.3, 0.4) is 0 Å². The SMILES string of the molecule is C[C@H]1CCCN1[C@@H](CNS(=O)(=O)c1ccc2cc[nH]c2c1)c1cn(C)c2ccccc12. The second-order valence-corrected chi connectivity index (χ2v) is 10.3. The fraction of sp³-hybridized carbons (Fsp3) is 0.333. The zero-order valence-electron chi connectivity index (χ0n) is 17.9. The number of hydrogen-bond acceptors (Lipinski definition) is 3. The number of rotatable bonds is 6. The molecule has 4 aromatic rings. The van der Waals surface area contributed by atoms with Crippen LogP contribution in [0.4, 0.5) is 0 Å². The van der Waals surface area contributed by atoms with Gasteiger partial charge in [-0.05, 0) is 61.5 Å². The summed E-state index contributed by atoms with van der Waals surface area (Å²) < 4.78 is 31.3. The Balaban J connectivity index is 1.48. The lowest BCUT2D eigenvalue weighted by atomic mass is 10.0. The molecule has 162 valence electrons. The molecule has 1 aliphatic heterocycles. The van der Waals surface area contributed by atoms with Crippen LogP contribution in [0.5, 0.6) is 0 Å². The van der Waals surface area contributed by atoms with Crippen molar-refractivity contribution in [2.24, 2.45) is 7.05 Å². The number of para-hydroxylation sites is 1. The Kier molecular flexibility index (Phi) is 5.12. The first-order chi connectivity index (χ1) is 14.9. The largest absolute Gasteiger partial charge is 0.361 e. The van der Waals surface area contributed by atoms with Crippen LogP contribution in [-0.4, -0.2) is 42.0 Å². The molecule has 6 nitrogen and oxygen atoms in total. The van der Waals surface area contributed by atoms with Gasteiger partial charge in [-0.15, -0.1) is 0 Å². The molecule has 0 spiro atoms. The van der Waals surface area contributed by atoms with Gasteiger partial charge in [0.1, 0.15) is 0 Å². The summed E-state index contributed by atoms with van der Waals surface area (Å²) in [4.78, 5) is 5.82. The molecule has 1 saturated heterocycles. The third kappa shape index (κ3) is 3.67. The summed E-state index contributed by atoms with van der Waals surface area (Å²) in [6.07, 6.45) is 6.25. The van der Waals surface area contributed by atoms with E-state index >= 15 is 0 Å². The minimum atomic E-state index is -3.63. The third-order valence-corrected chi connectivity index (χ3v) is 8.02. The summed E-state index contributed by atoms with van der Waals surface area (Å²) in [6, 6.07) is 15.9. The lowest BCUT2D eigenvalue weighted by Crippen LogP contribution is -2.39. The van der Waals surface area contributed by atoms with E-state index in [0.29, 0.717) is 12.6 Å². The quantitative estimate of drug-likeness (QED) is 0.477. The molecular formula is C24H28N4O2S. The molecule has 1 fully saturated rings. The van der Waals surface area contributed by atoms with Crippen LogP contribution in [-0.2, 0) is 17.1 Å². The summed E-state index contributed by atoms with van der Waals surface area (Å²) in [7, 11) is -1.58. The molecular weight excluding hydrogens is 408 g/mol. The van der Waals surface area contributed by atoms with Crippen LogP contribution in [0.25, 0.3) is 21.8 Å². The number of aromatic nitrogens is 2. The number of nitrogens with one attached hydrogen (secondary N) is 2. The molecule has 2 aromatic heterocycles. The van der Waals surface area contributed by atoms with E-state index in [1.165, 1.54) is 10.9 Å². The standard InChI is InChI=1S/C24H28N4O2S/c1-17-6-5-13-28(17)24(21-16-27(2)23-8-4-3-7-20(21)23)15-26-31(29,30)19-10-9-18-11-12-25-22(18)14-19/h3-4,7-12,14,16-17,24-26H,5-6,13,15H2,1-2H3/t17-,24-/m0/s1. The number of likely N-dealkylation sites (tertiary alicyclic amines) is 1. The van der Waals surface area contributed by atoms with E-state index in [1.54, 1.807) is 12.1 Å². The van der Waals surface area contributed by atoms with Gasteiger partial charge in [-0.1, -0.05) is 24.3 Å². The number of benzene rings is 2. The first-order valence-electron chi connectivity index (χ1n) is 10.8. The first-order valence-corrected chi connectivity index (χ1v) is 12.3. The van der Waals surface area contributed by atoms with Crippen LogP contribution in [0.2, 0.25) is 0 Å². The van der Waals surface area contributed by atoms with Crippen molar-refractivity contribution in [2.45, 2.75) is 36.7 Å². The van der Waals surface area contributed by atoms with E-state index in [0.717, 1.165) is 35.8 Å². The molecule has 0 amide bonds. The zero-order chi connectivity index (χ0) is 21.6. The fourth-order valence-corrected chi connectivity index (χ4v) is 5.99. The predicted octanol–water partition coefficient (Wildman–Crippen LogP) is 4.16. The van der Waals surface area contributed by atoms with Gasteiger partial charge in [-0.25, -0.2) is 13.1 Å². The number of hydrogen-bond donors (Lipinski definition) is 2. The number of sulfonamides is 1. The molecule has 31 heavy (non-hydrogen) atoms. The van der Waals surface area contributed by atoms with Crippen molar-refractivity contribution in [3.05, 3.63) is 66.5 Å². The average Bonchev–Trinajstić information content (AvgIpc) is 3.48. The smallest absolute Gasteiger partial charge is 0.240 e. The van der Waals surface area contributed by atoms with Crippen LogP contribution < -0.4 is 4.72 Å². The van der Waals surface area contributed by atoms with E-state index in [4.69, 9.17) is 0 Å². The lowest BCUT2D eigenvalue weighted by molar-refractivity contribution is 0.193. The van der Waals surface area contributed by atoms with E-state index < -0.39 is 10.0 Å². The summed E-state index contributed by atoms with van der Waals surface area (Å²) in [5, 5.41) is 2.18. The van der Waals surface area contributed by atoms with Crippen LogP contribution in [0.15, 0.2) is 65.8 Å². The van der Waals surface area contributed by atoms with Gasteiger partial charge in [0.05, 0.1) is 10.9 Å². The van der Waals surface area contributed by atoms with E-state index in [1.807, 2.05) is 37.5 Å². The third-order valence-electron chi connectivity index (χ3n) is 6.59. The second-order valence-electron chi connectivity index (χ2n) is 8.54. The van der Waals surface area contributed by atoms with Gasteiger partial charge in [0.15, 0.2) is 0 Å². The van der Waals surface area contributed by atoms with Crippen molar-refractivity contribution in [3.63, 3.8) is 0 Å². The zero-order valence-corrected chi connectivity index (χ0v) is 18.7. The van der Waals surface area contributed by atoms with Gasteiger partial charge in [0.2, 0.25) is 10.0 Å². The van der Waals surface area contributed by atoms with Gasteiger partial charge < -0.3 is 9.55 Å². The highest BCUT2D eigenvalue weighted by molar-refractivity contribution is 7.89. The predicted molar refractivity (Wildman–Crippen MR) is 125 cm³/mol. The Morgan fingerprint density at radius 1 is 1.19 bits per heavy atom. The molecule has 3 heterocycles. The van der Waals surface area contributed by atoms with E-state index in [2.05, 4.69) is 44.4 Å². The van der Waals surface area contributed by atoms with Crippen molar-refractivity contribution < 1.29 is 8.42 Å². The van der Waals surface area contributed by atoms with Crippen molar-refractivity contribution in [1.82, 2.24) is 19.2 Å². The van der Waals surface area contributed by atoms with Gasteiger partial charge in [-0.3, -0.25) is 4.90 Å². The minimum Gasteiger partial charge on any atom is -0.361 e. The number of aryl methyl sites for hydroxylation is 1. The lowest BCUT2D eigenvalue weighted by Gasteiger charge is -2.31. The van der Waals surface area contributed by atoms with Crippen molar-refractivity contribution >= 4 is 31.8 Å². The van der Waals surface area contributed by atoms with Crippen LogP contribution >= 0.6 is 0 Å². The highest BCUT2D eigenvalue weighted by atomic mass is 32.2. The highest BCUT2D eigenvalue weighted by Gasteiger charge is 2.32. The van der Waals surface area contributed by atoms with Crippen molar-refractivity contribution in [2.75, 3.05) is 13.1 Å². The fourth-order valence-electron chi connectivity index (χ4n) is 4.93. The Bertz CT molecular complexity index is 1340. The Morgan fingerprint density at radius 3 is 2.84 bits per heavy atom. The highest BCUT2D eigenvalue weighted by Crippen LogP contribution is 2.34. The summed E-state index contributed by atoms with van der Waals surface area (Å²) in [5.74, 6) is 0. The molecule has 7 heteroatoms. The molecule has 0 unspecified atom stereocenters.